The van der Waals surface area contributed by atoms with Gasteiger partial charge in [0.15, 0.2) is 0 Å². The molecule has 9 heavy (non-hydrogen) atoms. The lowest BCUT2D eigenvalue weighted by Crippen LogP contribution is -1.44. The lowest BCUT2D eigenvalue weighted by atomic mass is 10.5. The van der Waals surface area contributed by atoms with Crippen LogP contribution in [0.4, 0.5) is 0 Å². The van der Waals surface area contributed by atoms with E-state index in [9.17, 15) is 0 Å². The van der Waals surface area contributed by atoms with E-state index < -0.39 is 0 Å². The first kappa shape index (κ1) is 11.0. The van der Waals surface area contributed by atoms with E-state index in [1.807, 2.05) is 39.0 Å². The fraction of sp³-hybridized carbons (Fsp3) is 0.375. The van der Waals surface area contributed by atoms with Crippen LogP contribution < -0.4 is 0 Å². The lowest BCUT2D eigenvalue weighted by molar-refractivity contribution is 1.50. The Bertz CT molecular complexity index is 90.7. The number of nitrogens with zero attached hydrogens (tertiary/aromatic N) is 1. The summed E-state index contributed by atoms with van der Waals surface area (Å²) in [5.74, 6) is 0. The normalized spacial score (nSPS) is 9.22. The molecule has 0 unspecified atom stereocenters. The maximum atomic E-state index is 3.49. The molecule has 52 valence electrons. The Hall–Kier alpha value is -0.850. The first-order valence-electron chi connectivity index (χ1n) is 3.15. The molecule has 0 spiro atoms. The van der Waals surface area contributed by atoms with Gasteiger partial charge in [0, 0.05) is 6.20 Å². The molecule has 0 aromatic rings. The van der Waals surface area contributed by atoms with Crippen molar-refractivity contribution in [2.75, 3.05) is 0 Å². The van der Waals surface area contributed by atoms with Crippen LogP contribution in [-0.2, 0) is 0 Å². The van der Waals surface area contributed by atoms with Gasteiger partial charge in [0.05, 0.1) is 0 Å². The Balaban J connectivity index is 0. The van der Waals surface area contributed by atoms with Crippen molar-refractivity contribution in [3.8, 4) is 0 Å². The second-order valence-electron chi connectivity index (χ2n) is 1.05. The minimum absolute atomic E-state index is 1.64. The summed E-state index contributed by atoms with van der Waals surface area (Å²) in [6, 6.07) is 0. The van der Waals surface area contributed by atoms with Gasteiger partial charge in [0.2, 0.25) is 0 Å². The third-order valence-electron chi connectivity index (χ3n) is 0.495. The fourth-order valence-electron chi connectivity index (χ4n) is 0.222. The highest BCUT2D eigenvalue weighted by molar-refractivity contribution is 5.26. The Morgan fingerprint density at radius 2 is 1.78 bits per heavy atom. The molecule has 0 heterocycles. The van der Waals surface area contributed by atoms with E-state index in [1.54, 1.807) is 6.20 Å². The summed E-state index contributed by atoms with van der Waals surface area (Å²) in [6.45, 7) is 9.21. The van der Waals surface area contributed by atoms with Crippen molar-refractivity contribution in [3.63, 3.8) is 0 Å². The zero-order valence-corrected chi connectivity index (χ0v) is 6.46. The van der Waals surface area contributed by atoms with Gasteiger partial charge in [-0.05, 0) is 19.7 Å². The zero-order chi connectivity index (χ0) is 7.54. The predicted octanol–water partition coefficient (Wildman–Crippen LogP) is 2.80. The van der Waals surface area contributed by atoms with E-state index in [2.05, 4.69) is 11.7 Å². The second-order valence-corrected chi connectivity index (χ2v) is 1.05. The van der Waals surface area contributed by atoms with E-state index in [-0.39, 0.29) is 0 Å². The monoisotopic (exact) mass is 125 g/mol. The van der Waals surface area contributed by atoms with Crippen molar-refractivity contribution < 1.29 is 0 Å². The molecule has 0 aromatic carbocycles. The molecular weight excluding hydrogens is 110 g/mol. The van der Waals surface area contributed by atoms with Gasteiger partial charge in [-0.25, -0.2) is 0 Å². The molecule has 0 N–H and O–H groups in total. The zero-order valence-electron chi connectivity index (χ0n) is 6.46. The molecular formula is C8H15N. The lowest BCUT2D eigenvalue weighted by Gasteiger charge is -1.65. The number of hydrogen-bond donors (Lipinski definition) is 0. The van der Waals surface area contributed by atoms with Gasteiger partial charge in [-0.1, -0.05) is 26.0 Å². The minimum Gasteiger partial charge on any atom is -0.273 e. The first-order chi connectivity index (χ1) is 4.41. The van der Waals surface area contributed by atoms with E-state index in [0.717, 1.165) is 0 Å². The van der Waals surface area contributed by atoms with Crippen LogP contribution in [0, 0.1) is 0 Å². The van der Waals surface area contributed by atoms with Gasteiger partial charge < -0.3 is 0 Å². The molecule has 1 heteroatoms. The number of aliphatic imine (C=N–C) groups is 1. The Labute approximate surface area is 57.8 Å². The molecule has 0 fully saturated rings. The number of allylic oxidation sites excluding steroid dienone is 3. The van der Waals surface area contributed by atoms with Crippen molar-refractivity contribution in [2.45, 2.75) is 20.8 Å². The largest absolute Gasteiger partial charge is 0.273 e. The summed E-state index contributed by atoms with van der Waals surface area (Å²) >= 11 is 0. The molecule has 0 rings (SSSR count). The quantitative estimate of drug-likeness (QED) is 0.397. The molecule has 0 amide bonds. The van der Waals surface area contributed by atoms with Crippen LogP contribution >= 0.6 is 0 Å². The predicted molar refractivity (Wildman–Crippen MR) is 44.9 cm³/mol. The summed E-state index contributed by atoms with van der Waals surface area (Å²) in [4.78, 5) is 3.49. The Kier molecular flexibility index (Phi) is 19.2. The van der Waals surface area contributed by atoms with Crippen LogP contribution in [0.15, 0.2) is 29.4 Å². The third-order valence-corrected chi connectivity index (χ3v) is 0.495. The maximum absolute atomic E-state index is 3.49. The van der Waals surface area contributed by atoms with Crippen LogP contribution in [0.25, 0.3) is 0 Å². The van der Waals surface area contributed by atoms with E-state index >= 15 is 0 Å². The second kappa shape index (κ2) is 15.7. The molecule has 0 saturated heterocycles. The van der Waals surface area contributed by atoms with Crippen molar-refractivity contribution in [2.24, 2.45) is 4.99 Å². The van der Waals surface area contributed by atoms with Crippen LogP contribution in [0.2, 0.25) is 0 Å². The van der Waals surface area contributed by atoms with E-state index in [4.69, 9.17) is 0 Å². The van der Waals surface area contributed by atoms with Crippen LogP contribution in [0.1, 0.15) is 20.8 Å². The summed E-state index contributed by atoms with van der Waals surface area (Å²) in [7, 11) is 0. The van der Waals surface area contributed by atoms with Gasteiger partial charge in [-0.2, -0.15) is 0 Å². The van der Waals surface area contributed by atoms with Crippen molar-refractivity contribution in [1.29, 1.82) is 0 Å². The van der Waals surface area contributed by atoms with Crippen molar-refractivity contribution in [1.82, 2.24) is 0 Å². The highest BCUT2D eigenvalue weighted by atomic mass is 14.6. The standard InChI is InChI=1S/C6H9N.C2H6/c1-3-4-5-6-7-2;1-2/h3-6H,2H2,1H3;1-2H3/b4-3-,6-5-;. The van der Waals surface area contributed by atoms with Crippen LogP contribution in [0.5, 0.6) is 0 Å². The molecule has 0 aromatic heterocycles. The number of hydrogen-bond acceptors (Lipinski definition) is 1. The fourth-order valence-corrected chi connectivity index (χ4v) is 0.222. The molecule has 0 atom stereocenters. The first-order valence-corrected chi connectivity index (χ1v) is 3.15. The highest BCUT2D eigenvalue weighted by Crippen LogP contribution is 1.73. The molecule has 1 nitrogen and oxygen atoms in total. The van der Waals surface area contributed by atoms with E-state index in [0.29, 0.717) is 0 Å². The topological polar surface area (TPSA) is 12.4 Å². The number of rotatable bonds is 2. The Morgan fingerprint density at radius 3 is 2.11 bits per heavy atom. The molecule has 0 aliphatic rings. The Morgan fingerprint density at radius 1 is 1.22 bits per heavy atom. The van der Waals surface area contributed by atoms with Crippen molar-refractivity contribution in [3.05, 3.63) is 24.4 Å². The van der Waals surface area contributed by atoms with Gasteiger partial charge >= 0.3 is 0 Å². The highest BCUT2D eigenvalue weighted by Gasteiger charge is 1.52. The van der Waals surface area contributed by atoms with Gasteiger partial charge in [-0.3, -0.25) is 4.99 Å². The summed E-state index contributed by atoms with van der Waals surface area (Å²) in [6.07, 6.45) is 7.30. The molecule has 0 radical (unpaired) electrons. The van der Waals surface area contributed by atoms with Gasteiger partial charge in [0.25, 0.3) is 0 Å². The van der Waals surface area contributed by atoms with Gasteiger partial charge in [-0.15, -0.1) is 0 Å². The minimum atomic E-state index is 1.64. The summed E-state index contributed by atoms with van der Waals surface area (Å²) in [5.41, 5.74) is 0. The van der Waals surface area contributed by atoms with E-state index in [1.165, 1.54) is 0 Å². The average Bonchev–Trinajstić information content (AvgIpc) is 1.94. The van der Waals surface area contributed by atoms with Crippen molar-refractivity contribution >= 4 is 6.72 Å². The third kappa shape index (κ3) is 19.1. The molecule has 0 saturated carbocycles. The van der Waals surface area contributed by atoms with Gasteiger partial charge in [0.1, 0.15) is 0 Å². The van der Waals surface area contributed by atoms with Crippen LogP contribution in [-0.4, -0.2) is 6.72 Å². The summed E-state index contributed by atoms with van der Waals surface area (Å²) in [5, 5.41) is 0. The molecule has 0 aliphatic carbocycles. The van der Waals surface area contributed by atoms with Crippen LogP contribution in [0.3, 0.4) is 0 Å². The maximum Gasteiger partial charge on any atom is 0.0260 e. The smallest absolute Gasteiger partial charge is 0.0260 e. The summed E-state index contributed by atoms with van der Waals surface area (Å²) < 4.78 is 0. The molecule has 0 aliphatic heterocycles. The average molecular weight is 125 g/mol. The SMILES string of the molecule is C=N/C=C\C=C/C.CC. The molecule has 0 bridgehead atoms.